The summed E-state index contributed by atoms with van der Waals surface area (Å²) in [7, 11) is 1.64. The number of halogens is 1. The van der Waals surface area contributed by atoms with Crippen molar-refractivity contribution in [2.75, 3.05) is 13.7 Å². The molecular weight excluding hydrogens is 322 g/mol. The molecule has 0 amide bonds. The molecule has 104 valence electrons. The Hall–Kier alpha value is -1.33. The number of hydrogen-bond acceptors (Lipinski definition) is 4. The summed E-state index contributed by atoms with van der Waals surface area (Å²) >= 11 is 3.62. The highest BCUT2D eigenvalue weighted by molar-refractivity contribution is 9.10. The summed E-state index contributed by atoms with van der Waals surface area (Å²) in [6.45, 7) is 1.59. The summed E-state index contributed by atoms with van der Waals surface area (Å²) in [6.07, 6.45) is 3.99. The third-order valence-corrected chi connectivity index (χ3v) is 5.20. The fourth-order valence-electron chi connectivity index (χ4n) is 3.55. The van der Waals surface area contributed by atoms with Crippen molar-refractivity contribution in [2.45, 2.75) is 24.5 Å². The van der Waals surface area contributed by atoms with Gasteiger partial charge in [0.05, 0.1) is 12.5 Å². The molecule has 4 rings (SSSR count). The van der Waals surface area contributed by atoms with Crippen molar-refractivity contribution in [3.8, 4) is 11.5 Å². The van der Waals surface area contributed by atoms with Crippen molar-refractivity contribution in [1.82, 2.24) is 5.32 Å². The molecule has 2 unspecified atom stereocenters. The van der Waals surface area contributed by atoms with Crippen LogP contribution in [0.1, 0.15) is 17.5 Å². The molecule has 0 radical (unpaired) electrons. The second-order valence-electron chi connectivity index (χ2n) is 5.50. The third-order valence-electron chi connectivity index (χ3n) is 4.49. The second-order valence-corrected chi connectivity index (χ2v) is 6.35. The summed E-state index contributed by atoms with van der Waals surface area (Å²) in [5.74, 6) is 1.65. The van der Waals surface area contributed by atoms with E-state index in [0.717, 1.165) is 29.1 Å². The minimum absolute atomic E-state index is 0.124. The van der Waals surface area contributed by atoms with Crippen LogP contribution in [0.2, 0.25) is 0 Å². The molecule has 1 spiro atoms. The van der Waals surface area contributed by atoms with Gasteiger partial charge < -0.3 is 14.8 Å². The van der Waals surface area contributed by atoms with E-state index in [-0.39, 0.29) is 17.3 Å². The molecule has 1 N–H and O–H groups in total. The smallest absolute Gasteiger partial charge is 0.166 e. The Morgan fingerprint density at radius 3 is 3.20 bits per heavy atom. The molecule has 5 heteroatoms. The molecule has 4 nitrogen and oxygen atoms in total. The molecule has 2 aliphatic heterocycles. The number of methoxy groups -OCH3 is 1. The molecule has 0 fully saturated rings. The first-order chi connectivity index (χ1) is 9.65. The monoisotopic (exact) mass is 335 g/mol. The van der Waals surface area contributed by atoms with E-state index in [1.807, 2.05) is 12.1 Å². The van der Waals surface area contributed by atoms with Crippen LogP contribution in [0.3, 0.4) is 0 Å². The maximum Gasteiger partial charge on any atom is 0.166 e. The normalized spacial score (nSPS) is 29.7. The van der Waals surface area contributed by atoms with Crippen LogP contribution in [0.5, 0.6) is 11.5 Å². The first kappa shape index (κ1) is 12.4. The van der Waals surface area contributed by atoms with Crippen molar-refractivity contribution in [2.24, 2.45) is 0 Å². The third kappa shape index (κ3) is 1.42. The molecular formula is C15H14BrNO3. The zero-order valence-electron chi connectivity index (χ0n) is 11.0. The van der Waals surface area contributed by atoms with E-state index in [2.05, 4.69) is 21.2 Å². The lowest BCUT2D eigenvalue weighted by Crippen LogP contribution is -2.50. The Morgan fingerprint density at radius 1 is 1.55 bits per heavy atom. The van der Waals surface area contributed by atoms with Crippen molar-refractivity contribution in [3.63, 3.8) is 0 Å². The zero-order valence-corrected chi connectivity index (χ0v) is 12.6. The van der Waals surface area contributed by atoms with Crippen LogP contribution in [0, 0.1) is 0 Å². The number of rotatable bonds is 1. The predicted octanol–water partition coefficient (Wildman–Crippen LogP) is 2.09. The van der Waals surface area contributed by atoms with Crippen LogP contribution >= 0.6 is 15.9 Å². The summed E-state index contributed by atoms with van der Waals surface area (Å²) in [4.78, 5) is 11.7. The Bertz CT molecular complexity index is 655. The van der Waals surface area contributed by atoms with Crippen LogP contribution in [0.4, 0.5) is 0 Å². The SMILES string of the molecule is COc1cc(Br)c2c3c1OC1CC(=O)C=CC31CNC2. The fraction of sp³-hybridized carbons (Fsp3) is 0.400. The van der Waals surface area contributed by atoms with Crippen molar-refractivity contribution >= 4 is 21.7 Å². The van der Waals surface area contributed by atoms with E-state index in [0.29, 0.717) is 6.42 Å². The molecule has 2 heterocycles. The lowest BCUT2D eigenvalue weighted by atomic mass is 9.69. The minimum atomic E-state index is -0.242. The number of ether oxygens (including phenoxy) is 2. The molecule has 0 saturated heterocycles. The van der Waals surface area contributed by atoms with Crippen LogP contribution in [-0.4, -0.2) is 25.5 Å². The number of carbonyl (C=O) groups excluding carboxylic acids is 1. The maximum atomic E-state index is 11.7. The Morgan fingerprint density at radius 2 is 2.40 bits per heavy atom. The molecule has 0 saturated carbocycles. The molecule has 0 aromatic heterocycles. The number of allylic oxidation sites excluding steroid dienone is 1. The van der Waals surface area contributed by atoms with Gasteiger partial charge in [0.15, 0.2) is 17.3 Å². The number of carbonyl (C=O) groups is 1. The Balaban J connectivity index is 2.02. The Labute approximate surface area is 125 Å². The number of nitrogens with one attached hydrogen (secondary N) is 1. The highest BCUT2D eigenvalue weighted by atomic mass is 79.9. The average Bonchev–Trinajstić information content (AvgIpc) is 2.78. The average molecular weight is 336 g/mol. The van der Waals surface area contributed by atoms with Gasteiger partial charge in [-0.25, -0.2) is 0 Å². The first-order valence-corrected chi connectivity index (χ1v) is 7.44. The van der Waals surface area contributed by atoms with Crippen LogP contribution in [-0.2, 0) is 16.8 Å². The zero-order chi connectivity index (χ0) is 13.9. The second kappa shape index (κ2) is 4.09. The standard InChI is InChI=1S/C15H14BrNO3/c1-19-11-5-10(16)9-6-17-7-15-3-2-8(18)4-12(15)20-14(11)13(9)15/h2-3,5,12,17H,4,6-7H2,1H3. The highest BCUT2D eigenvalue weighted by Gasteiger charge is 2.53. The van der Waals surface area contributed by atoms with Crippen LogP contribution < -0.4 is 14.8 Å². The molecule has 20 heavy (non-hydrogen) atoms. The number of hydrogen-bond donors (Lipinski definition) is 1. The molecule has 0 bridgehead atoms. The molecule has 1 aromatic carbocycles. The molecule has 3 aliphatic rings. The van der Waals surface area contributed by atoms with E-state index >= 15 is 0 Å². The van der Waals surface area contributed by atoms with Gasteiger partial charge in [-0.2, -0.15) is 0 Å². The van der Waals surface area contributed by atoms with E-state index in [1.165, 1.54) is 11.1 Å². The molecule has 1 aliphatic carbocycles. The molecule has 1 aromatic rings. The fourth-order valence-corrected chi connectivity index (χ4v) is 4.10. The summed E-state index contributed by atoms with van der Waals surface area (Å²) in [6, 6.07) is 1.94. The lowest BCUT2D eigenvalue weighted by molar-refractivity contribution is -0.117. The highest BCUT2D eigenvalue weighted by Crippen LogP contribution is 2.55. The van der Waals surface area contributed by atoms with Gasteiger partial charge in [0.2, 0.25) is 0 Å². The topological polar surface area (TPSA) is 47.6 Å². The number of ketones is 1. The number of benzene rings is 1. The van der Waals surface area contributed by atoms with Crippen LogP contribution in [0.25, 0.3) is 0 Å². The summed E-state index contributed by atoms with van der Waals surface area (Å²) < 4.78 is 12.6. The van der Waals surface area contributed by atoms with Gasteiger partial charge in [0.25, 0.3) is 0 Å². The van der Waals surface area contributed by atoms with Gasteiger partial charge in [-0.05, 0) is 17.7 Å². The summed E-state index contributed by atoms with van der Waals surface area (Å²) in [5, 5.41) is 3.45. The predicted molar refractivity (Wildman–Crippen MR) is 77.3 cm³/mol. The van der Waals surface area contributed by atoms with E-state index in [4.69, 9.17) is 9.47 Å². The van der Waals surface area contributed by atoms with Gasteiger partial charge in [0, 0.05) is 29.5 Å². The Kier molecular flexibility index (Phi) is 2.54. The van der Waals surface area contributed by atoms with Gasteiger partial charge in [0.1, 0.15) is 6.10 Å². The van der Waals surface area contributed by atoms with E-state index in [1.54, 1.807) is 13.2 Å². The van der Waals surface area contributed by atoms with Crippen LogP contribution in [0.15, 0.2) is 22.7 Å². The summed E-state index contributed by atoms with van der Waals surface area (Å²) in [5.41, 5.74) is 2.14. The van der Waals surface area contributed by atoms with E-state index < -0.39 is 0 Å². The van der Waals surface area contributed by atoms with Crippen molar-refractivity contribution < 1.29 is 14.3 Å². The largest absolute Gasteiger partial charge is 0.493 e. The minimum Gasteiger partial charge on any atom is -0.493 e. The van der Waals surface area contributed by atoms with Gasteiger partial charge in [-0.15, -0.1) is 0 Å². The van der Waals surface area contributed by atoms with E-state index in [9.17, 15) is 4.79 Å². The maximum absolute atomic E-state index is 11.7. The van der Waals surface area contributed by atoms with Gasteiger partial charge in [-0.1, -0.05) is 22.0 Å². The van der Waals surface area contributed by atoms with Gasteiger partial charge >= 0.3 is 0 Å². The lowest BCUT2D eigenvalue weighted by Gasteiger charge is -2.38. The van der Waals surface area contributed by atoms with Crippen molar-refractivity contribution in [3.05, 3.63) is 33.8 Å². The molecule has 2 atom stereocenters. The first-order valence-electron chi connectivity index (χ1n) is 6.65. The van der Waals surface area contributed by atoms with Gasteiger partial charge in [-0.3, -0.25) is 4.79 Å². The van der Waals surface area contributed by atoms with Crippen molar-refractivity contribution in [1.29, 1.82) is 0 Å². The quantitative estimate of drug-likeness (QED) is 0.853.